The average Bonchev–Trinajstić information content (AvgIpc) is 2.71. The molecule has 2 N–H and O–H groups in total. The number of hydrogen-bond donors (Lipinski definition) is 2. The Morgan fingerprint density at radius 3 is 2.37 bits per heavy atom. The number of carbonyl (C=O) groups is 1. The molecule has 0 bridgehead atoms. The van der Waals surface area contributed by atoms with Crippen molar-refractivity contribution in [2.45, 2.75) is 24.3 Å². The third-order valence-electron chi connectivity index (χ3n) is 4.49. The van der Waals surface area contributed by atoms with Crippen LogP contribution in [-0.4, -0.2) is 14.3 Å². The van der Waals surface area contributed by atoms with Crippen LogP contribution >= 0.6 is 11.6 Å². The van der Waals surface area contributed by atoms with Gasteiger partial charge in [0.25, 0.3) is 0 Å². The maximum Gasteiger partial charge on any atom is 0.241 e. The molecule has 0 heterocycles. The first-order chi connectivity index (χ1) is 14.2. The largest absolute Gasteiger partial charge is 0.326 e. The number of benzene rings is 3. The van der Waals surface area contributed by atoms with Gasteiger partial charge in [-0.2, -0.15) is 0 Å². The lowest BCUT2D eigenvalue weighted by Gasteiger charge is -2.19. The molecule has 0 radical (unpaired) electrons. The summed E-state index contributed by atoms with van der Waals surface area (Å²) >= 11 is 5.94. The van der Waals surface area contributed by atoms with Gasteiger partial charge in [0.1, 0.15) is 5.82 Å². The van der Waals surface area contributed by atoms with E-state index < -0.39 is 27.8 Å². The van der Waals surface area contributed by atoms with E-state index in [1.807, 2.05) is 0 Å². The van der Waals surface area contributed by atoms with Gasteiger partial charge in [-0.25, -0.2) is 17.5 Å². The third-order valence-corrected chi connectivity index (χ3v) is 6.23. The molecular weight excluding hydrogens is 427 g/mol. The van der Waals surface area contributed by atoms with E-state index in [9.17, 15) is 17.6 Å². The van der Waals surface area contributed by atoms with E-state index in [0.717, 1.165) is 0 Å². The minimum absolute atomic E-state index is 0.0883. The van der Waals surface area contributed by atoms with E-state index >= 15 is 0 Å². The molecule has 0 fully saturated rings. The Morgan fingerprint density at radius 2 is 1.70 bits per heavy atom. The molecule has 1 atom stereocenters. The minimum Gasteiger partial charge on any atom is -0.326 e. The van der Waals surface area contributed by atoms with Crippen LogP contribution in [0.15, 0.2) is 77.7 Å². The van der Waals surface area contributed by atoms with Crippen molar-refractivity contribution in [2.24, 2.45) is 0 Å². The van der Waals surface area contributed by atoms with Gasteiger partial charge in [0, 0.05) is 17.1 Å². The molecule has 0 spiro atoms. The van der Waals surface area contributed by atoms with Crippen molar-refractivity contribution in [3.05, 3.63) is 94.8 Å². The number of halogens is 2. The molecule has 0 saturated carbocycles. The SMILES string of the molecule is Cc1ccc(F)cc1NC(=O)C[C@@H](NS(=O)(=O)c1ccccc1)c1ccc(Cl)cc1. The summed E-state index contributed by atoms with van der Waals surface area (Å²) < 4.78 is 41.7. The number of amides is 1. The summed E-state index contributed by atoms with van der Waals surface area (Å²) in [6.07, 6.45) is -0.191. The molecule has 3 aromatic rings. The predicted octanol–water partition coefficient (Wildman–Crippen LogP) is 4.84. The van der Waals surface area contributed by atoms with Crippen LogP contribution in [-0.2, 0) is 14.8 Å². The molecule has 1 amide bonds. The highest BCUT2D eigenvalue weighted by atomic mass is 35.5. The molecule has 3 aromatic carbocycles. The van der Waals surface area contributed by atoms with E-state index in [2.05, 4.69) is 10.0 Å². The van der Waals surface area contributed by atoms with E-state index in [1.54, 1.807) is 55.5 Å². The lowest BCUT2D eigenvalue weighted by molar-refractivity contribution is -0.116. The van der Waals surface area contributed by atoms with E-state index in [4.69, 9.17) is 11.6 Å². The molecule has 3 rings (SSSR count). The van der Waals surface area contributed by atoms with Crippen molar-refractivity contribution in [3.8, 4) is 0 Å². The van der Waals surface area contributed by atoms with Gasteiger partial charge in [-0.05, 0) is 54.4 Å². The zero-order chi connectivity index (χ0) is 21.7. The fourth-order valence-electron chi connectivity index (χ4n) is 2.89. The molecule has 0 aromatic heterocycles. The summed E-state index contributed by atoms with van der Waals surface area (Å²) in [5.74, 6) is -0.936. The fraction of sp³-hybridized carbons (Fsp3) is 0.136. The van der Waals surface area contributed by atoms with E-state index in [-0.39, 0.29) is 11.3 Å². The average molecular weight is 447 g/mol. The van der Waals surface area contributed by atoms with Crippen molar-refractivity contribution < 1.29 is 17.6 Å². The van der Waals surface area contributed by atoms with Gasteiger partial charge >= 0.3 is 0 Å². The molecule has 30 heavy (non-hydrogen) atoms. The number of aryl methyl sites for hydroxylation is 1. The van der Waals surface area contributed by atoms with Gasteiger partial charge in [-0.15, -0.1) is 0 Å². The first-order valence-electron chi connectivity index (χ1n) is 9.13. The van der Waals surface area contributed by atoms with Gasteiger partial charge in [-0.3, -0.25) is 4.79 Å². The summed E-state index contributed by atoms with van der Waals surface area (Å²) in [4.78, 5) is 12.7. The zero-order valence-corrected chi connectivity index (χ0v) is 17.7. The maximum atomic E-state index is 13.5. The molecule has 5 nitrogen and oxygen atoms in total. The standard InChI is InChI=1S/C22H20ClFN2O3S/c1-15-7-12-18(24)13-20(15)25-22(27)14-21(16-8-10-17(23)11-9-16)26-30(28,29)19-5-3-2-4-6-19/h2-13,21,26H,14H2,1H3,(H,25,27)/t21-/m1/s1. The second kappa shape index (κ2) is 9.38. The van der Waals surface area contributed by atoms with Crippen LogP contribution in [0.1, 0.15) is 23.6 Å². The highest BCUT2D eigenvalue weighted by Crippen LogP contribution is 2.24. The number of anilines is 1. The monoisotopic (exact) mass is 446 g/mol. The van der Waals surface area contributed by atoms with Crippen LogP contribution in [0.2, 0.25) is 5.02 Å². The number of hydrogen-bond acceptors (Lipinski definition) is 3. The van der Waals surface area contributed by atoms with E-state index in [0.29, 0.717) is 21.8 Å². The lowest BCUT2D eigenvalue weighted by atomic mass is 10.0. The summed E-state index contributed by atoms with van der Waals surface area (Å²) in [6, 6.07) is 17.7. The van der Waals surface area contributed by atoms with Crippen LogP contribution in [0, 0.1) is 12.7 Å². The van der Waals surface area contributed by atoms with Gasteiger partial charge in [0.2, 0.25) is 15.9 Å². The first-order valence-corrected chi connectivity index (χ1v) is 11.0. The quantitative estimate of drug-likeness (QED) is 0.545. The van der Waals surface area contributed by atoms with Gasteiger partial charge in [0.15, 0.2) is 0 Å². The Bertz CT molecular complexity index is 1140. The van der Waals surface area contributed by atoms with E-state index in [1.165, 1.54) is 24.3 Å². The van der Waals surface area contributed by atoms with Crippen molar-refractivity contribution in [2.75, 3.05) is 5.32 Å². The topological polar surface area (TPSA) is 75.3 Å². The molecule has 0 aliphatic carbocycles. The molecule has 0 unspecified atom stereocenters. The Balaban J connectivity index is 1.85. The molecule has 0 saturated heterocycles. The second-order valence-electron chi connectivity index (χ2n) is 6.75. The molecule has 0 aliphatic heterocycles. The number of nitrogens with one attached hydrogen (secondary N) is 2. The first kappa shape index (κ1) is 22.0. The van der Waals surface area contributed by atoms with Gasteiger partial charge in [-0.1, -0.05) is 48.0 Å². The van der Waals surface area contributed by atoms with Crippen molar-refractivity contribution in [1.82, 2.24) is 4.72 Å². The Labute approximate surface area is 179 Å². The third kappa shape index (κ3) is 5.66. The van der Waals surface area contributed by atoms with Gasteiger partial charge < -0.3 is 5.32 Å². The van der Waals surface area contributed by atoms with Crippen molar-refractivity contribution >= 4 is 33.2 Å². The maximum absolute atomic E-state index is 13.5. The summed E-state index contributed by atoms with van der Waals surface area (Å²) in [7, 11) is -3.87. The molecule has 0 aliphatic rings. The minimum atomic E-state index is -3.87. The zero-order valence-electron chi connectivity index (χ0n) is 16.1. The highest BCUT2D eigenvalue weighted by Gasteiger charge is 2.24. The highest BCUT2D eigenvalue weighted by molar-refractivity contribution is 7.89. The Morgan fingerprint density at radius 1 is 1.03 bits per heavy atom. The van der Waals surface area contributed by atoms with Crippen molar-refractivity contribution in [3.63, 3.8) is 0 Å². The number of rotatable bonds is 7. The smallest absolute Gasteiger partial charge is 0.241 e. The van der Waals surface area contributed by atoms with Crippen LogP contribution in [0.25, 0.3) is 0 Å². The van der Waals surface area contributed by atoms with Gasteiger partial charge in [0.05, 0.1) is 10.9 Å². The summed E-state index contributed by atoms with van der Waals surface area (Å²) in [5, 5.41) is 3.14. The summed E-state index contributed by atoms with van der Waals surface area (Å²) in [6.45, 7) is 1.74. The van der Waals surface area contributed by atoms with Crippen LogP contribution in [0.5, 0.6) is 0 Å². The molecular formula is C22H20ClFN2O3S. The van der Waals surface area contributed by atoms with Crippen LogP contribution in [0.3, 0.4) is 0 Å². The molecule has 156 valence electrons. The van der Waals surface area contributed by atoms with Crippen LogP contribution in [0.4, 0.5) is 10.1 Å². The summed E-state index contributed by atoms with van der Waals surface area (Å²) in [5.41, 5.74) is 1.60. The normalized spacial score (nSPS) is 12.4. The second-order valence-corrected chi connectivity index (χ2v) is 8.90. The fourth-order valence-corrected chi connectivity index (χ4v) is 4.26. The number of sulfonamides is 1. The lowest BCUT2D eigenvalue weighted by Crippen LogP contribution is -2.31. The van der Waals surface area contributed by atoms with Crippen LogP contribution < -0.4 is 10.0 Å². The predicted molar refractivity (Wildman–Crippen MR) is 115 cm³/mol. The Hall–Kier alpha value is -2.74. The van der Waals surface area contributed by atoms with Crippen molar-refractivity contribution in [1.29, 1.82) is 0 Å². The Kier molecular flexibility index (Phi) is 6.87. The molecule has 8 heteroatoms. The number of carbonyl (C=O) groups excluding carboxylic acids is 1.